The zero-order chi connectivity index (χ0) is 21.2. The van der Waals surface area contributed by atoms with Gasteiger partial charge in [0.2, 0.25) is 0 Å². The second-order valence-corrected chi connectivity index (χ2v) is 10.1. The van der Waals surface area contributed by atoms with E-state index in [1.807, 2.05) is 18.2 Å². The minimum Gasteiger partial charge on any atom is -0.0827 e. The summed E-state index contributed by atoms with van der Waals surface area (Å²) in [5.41, 5.74) is 6.19. The molecular weight excluding hydrogens is 539 g/mol. The molecule has 1 aliphatic rings. The normalized spacial score (nSPS) is 14.4. The molecule has 156 valence electrons. The molecule has 1 atom stereocenters. The molecule has 0 fully saturated rings. The van der Waals surface area contributed by atoms with E-state index in [2.05, 4.69) is 96.8 Å². The summed E-state index contributed by atoms with van der Waals surface area (Å²) >= 11 is 13.1. The van der Waals surface area contributed by atoms with E-state index < -0.39 is 7.92 Å². The first-order chi connectivity index (χ1) is 15.2. The average molecular weight is 558 g/mol. The van der Waals surface area contributed by atoms with E-state index in [1.54, 1.807) is 0 Å². The van der Waals surface area contributed by atoms with Gasteiger partial charge in [-0.2, -0.15) is 0 Å². The van der Waals surface area contributed by atoms with E-state index in [0.717, 1.165) is 5.30 Å². The van der Waals surface area contributed by atoms with Crippen molar-refractivity contribution in [3.8, 4) is 0 Å². The first kappa shape index (κ1) is 23.2. The molecule has 4 aromatic rings. The van der Waals surface area contributed by atoms with Crippen molar-refractivity contribution in [3.63, 3.8) is 0 Å². The number of fused-ring (bicyclic) bond motifs is 1. The second kappa shape index (κ2) is 10.3. The van der Waals surface area contributed by atoms with Crippen molar-refractivity contribution in [3.05, 3.63) is 136 Å². The quantitative estimate of drug-likeness (QED) is 0.176. The van der Waals surface area contributed by atoms with Crippen LogP contribution in [0, 0.1) is 0 Å². The van der Waals surface area contributed by atoms with Crippen LogP contribution in [-0.4, -0.2) is 0 Å². The third-order valence-electron chi connectivity index (χ3n) is 5.41. The van der Waals surface area contributed by atoms with Crippen LogP contribution in [0.15, 0.2) is 109 Å². The van der Waals surface area contributed by atoms with E-state index in [9.17, 15) is 0 Å². The largest absolute Gasteiger partial charge is 2.00 e. The van der Waals surface area contributed by atoms with Crippen molar-refractivity contribution in [2.24, 2.45) is 0 Å². The third kappa shape index (κ3) is 4.54. The van der Waals surface area contributed by atoms with Crippen LogP contribution in [0.2, 0.25) is 10.0 Å². The Morgan fingerprint density at radius 2 is 1.31 bits per heavy atom. The predicted octanol–water partition coefficient (Wildman–Crippen LogP) is 8.02. The Kier molecular flexibility index (Phi) is 7.45. The minimum absolute atomic E-state index is 0. The maximum atomic E-state index is 6.72. The molecule has 4 heteroatoms. The van der Waals surface area contributed by atoms with Crippen LogP contribution in [0.1, 0.15) is 16.7 Å². The van der Waals surface area contributed by atoms with Crippen molar-refractivity contribution in [2.75, 3.05) is 0 Å². The van der Waals surface area contributed by atoms with Crippen LogP contribution in [0.25, 0.3) is 17.2 Å². The fraction of sp³-hybridized carbons (Fsp3) is 0. The molecule has 0 aliphatic heterocycles. The molecule has 0 radical (unpaired) electrons. The molecule has 0 spiro atoms. The summed E-state index contributed by atoms with van der Waals surface area (Å²) in [5, 5.41) is 3.53. The molecule has 0 bridgehead atoms. The van der Waals surface area contributed by atoms with E-state index >= 15 is 0 Å². The predicted molar refractivity (Wildman–Crippen MR) is 138 cm³/mol. The van der Waals surface area contributed by atoms with Gasteiger partial charge in [0.25, 0.3) is 0 Å². The maximum absolute atomic E-state index is 6.72. The Morgan fingerprint density at radius 3 is 2.06 bits per heavy atom. The molecule has 32 heavy (non-hydrogen) atoms. The van der Waals surface area contributed by atoms with Gasteiger partial charge in [0.05, 0.1) is 10.0 Å². The second-order valence-electron chi connectivity index (χ2n) is 7.33. The average Bonchev–Trinajstić information content (AvgIpc) is 3.19. The molecule has 1 aliphatic carbocycles. The molecule has 0 saturated carbocycles. The number of rotatable bonds is 4. The number of halogens is 2. The first-order valence-electron chi connectivity index (χ1n) is 10.1. The van der Waals surface area contributed by atoms with Crippen molar-refractivity contribution in [1.29, 1.82) is 0 Å². The number of hydrogen-bond donors (Lipinski definition) is 0. The Balaban J connectivity index is 0.00000245. The summed E-state index contributed by atoms with van der Waals surface area (Å²) in [7, 11) is -0.860. The van der Waals surface area contributed by atoms with Crippen molar-refractivity contribution in [1.82, 2.24) is 0 Å². The number of benzene rings is 4. The Labute approximate surface area is 213 Å². The van der Waals surface area contributed by atoms with E-state index in [4.69, 9.17) is 23.2 Å². The monoisotopic (exact) mass is 558 g/mol. The van der Waals surface area contributed by atoms with Gasteiger partial charge in [-0.25, -0.2) is 0 Å². The molecule has 0 saturated heterocycles. The summed E-state index contributed by atoms with van der Waals surface area (Å²) in [5.74, 6) is 2.40. The van der Waals surface area contributed by atoms with Gasteiger partial charge in [0.1, 0.15) is 0 Å². The fourth-order valence-corrected chi connectivity index (χ4v) is 6.74. The fourth-order valence-electron chi connectivity index (χ4n) is 3.92. The standard InChI is InChI=1S/C28H19Cl2P.Ru/c29-26-16-9-17-27(28(26)30)31(22-13-5-2-6-14-22)19-25-23-15-8-7-12-21(23)18-24(25)20-10-3-1-4-11-20;/h1-19H;/q;+2. The summed E-state index contributed by atoms with van der Waals surface area (Å²) in [4.78, 5) is 0. The van der Waals surface area contributed by atoms with Crippen LogP contribution >= 0.6 is 31.1 Å². The van der Waals surface area contributed by atoms with Crippen LogP contribution < -0.4 is 10.6 Å². The zero-order valence-corrected chi connectivity index (χ0v) is 21.2. The topological polar surface area (TPSA) is 0 Å². The molecule has 0 heterocycles. The summed E-state index contributed by atoms with van der Waals surface area (Å²) in [6.45, 7) is 0. The maximum Gasteiger partial charge on any atom is 2.00 e. The summed E-state index contributed by atoms with van der Waals surface area (Å²) < 4.78 is 0. The van der Waals surface area contributed by atoms with Crippen LogP contribution in [0.4, 0.5) is 0 Å². The van der Waals surface area contributed by atoms with E-state index in [0.29, 0.717) is 10.0 Å². The van der Waals surface area contributed by atoms with Gasteiger partial charge >= 0.3 is 19.5 Å². The smallest absolute Gasteiger partial charge is 0.0827 e. The SMILES string of the molecule is Clc1cccc(P(C=C2C(c3ccccc3)=Cc3ccccc32)c2ccccc2)c1Cl.[Ru+2]. The molecular formula is C28H19Cl2PRu+2. The number of allylic oxidation sites excluding steroid dienone is 2. The molecule has 1 unspecified atom stereocenters. The molecule has 5 rings (SSSR count). The van der Waals surface area contributed by atoms with Crippen molar-refractivity contribution < 1.29 is 19.5 Å². The van der Waals surface area contributed by atoms with Gasteiger partial charge in [0, 0.05) is 5.30 Å². The first-order valence-corrected chi connectivity index (χ1v) is 12.3. The van der Waals surface area contributed by atoms with Gasteiger partial charge in [0.15, 0.2) is 0 Å². The minimum atomic E-state index is -0.860. The van der Waals surface area contributed by atoms with Crippen molar-refractivity contribution in [2.45, 2.75) is 0 Å². The van der Waals surface area contributed by atoms with Gasteiger partial charge in [-0.3, -0.25) is 0 Å². The van der Waals surface area contributed by atoms with Gasteiger partial charge in [-0.1, -0.05) is 120 Å². The molecule has 0 nitrogen and oxygen atoms in total. The Bertz CT molecular complexity index is 1300. The van der Waals surface area contributed by atoms with E-state index in [1.165, 1.54) is 33.1 Å². The molecule has 4 aromatic carbocycles. The summed E-state index contributed by atoms with van der Waals surface area (Å²) in [6, 6.07) is 35.6. The van der Waals surface area contributed by atoms with E-state index in [-0.39, 0.29) is 19.5 Å². The van der Waals surface area contributed by atoms with Crippen LogP contribution in [0.5, 0.6) is 0 Å². The van der Waals surface area contributed by atoms with Crippen molar-refractivity contribution >= 4 is 59.0 Å². The number of hydrogen-bond acceptors (Lipinski definition) is 0. The van der Waals surface area contributed by atoms with Crippen LogP contribution in [0.3, 0.4) is 0 Å². The van der Waals surface area contributed by atoms with Gasteiger partial charge in [-0.15, -0.1) is 0 Å². The molecule has 0 aromatic heterocycles. The Morgan fingerprint density at radius 1 is 0.656 bits per heavy atom. The van der Waals surface area contributed by atoms with Crippen LogP contribution in [-0.2, 0) is 19.5 Å². The molecule has 0 N–H and O–H groups in total. The Hall–Kier alpha value is -2.01. The van der Waals surface area contributed by atoms with Gasteiger partial charge < -0.3 is 0 Å². The third-order valence-corrected chi connectivity index (χ3v) is 8.62. The van der Waals surface area contributed by atoms with Gasteiger partial charge in [-0.05, 0) is 59.0 Å². The molecule has 0 amide bonds. The zero-order valence-electron chi connectivity index (χ0n) is 17.0. The summed E-state index contributed by atoms with van der Waals surface area (Å²) in [6.07, 6.45) is 2.29.